The van der Waals surface area contributed by atoms with E-state index in [1.54, 1.807) is 10.7 Å². The molecule has 1 fully saturated rings. The Hall–Kier alpha value is -2.41. The van der Waals surface area contributed by atoms with Crippen LogP contribution in [0.25, 0.3) is 11.2 Å². The third-order valence-electron chi connectivity index (χ3n) is 4.45. The number of hydrogen-bond acceptors (Lipinski definition) is 4. The first-order valence-electron chi connectivity index (χ1n) is 6.92. The van der Waals surface area contributed by atoms with Crippen molar-refractivity contribution in [3.63, 3.8) is 0 Å². The molecule has 2 aromatic heterocycles. The number of aromatic nitrogens is 3. The minimum Gasteiger partial charge on any atom is -0.465 e. The summed E-state index contributed by atoms with van der Waals surface area (Å²) in [7, 11) is 0. The van der Waals surface area contributed by atoms with Crippen LogP contribution in [-0.2, 0) is 0 Å². The van der Waals surface area contributed by atoms with Crippen LogP contribution in [0.4, 0.5) is 4.79 Å². The van der Waals surface area contributed by atoms with Gasteiger partial charge in [0.2, 0.25) is 0 Å². The summed E-state index contributed by atoms with van der Waals surface area (Å²) in [6, 6.07) is 3.62. The summed E-state index contributed by atoms with van der Waals surface area (Å²) in [5, 5.41) is 13.6. The number of hydrogen-bond donors (Lipinski definition) is 2. The predicted molar refractivity (Wildman–Crippen MR) is 75.4 cm³/mol. The van der Waals surface area contributed by atoms with Crippen LogP contribution in [0.3, 0.4) is 0 Å². The van der Waals surface area contributed by atoms with Crippen LogP contribution >= 0.6 is 0 Å². The molecule has 2 unspecified atom stereocenters. The van der Waals surface area contributed by atoms with E-state index in [1.807, 2.05) is 24.4 Å². The third kappa shape index (κ3) is 1.61. The van der Waals surface area contributed by atoms with Crippen molar-refractivity contribution in [1.82, 2.24) is 19.5 Å². The van der Waals surface area contributed by atoms with Gasteiger partial charge < -0.3 is 10.8 Å². The van der Waals surface area contributed by atoms with Crippen molar-refractivity contribution >= 4 is 17.3 Å². The molecular weight excluding hydrogens is 270 g/mol. The van der Waals surface area contributed by atoms with E-state index in [2.05, 4.69) is 10.1 Å². The fourth-order valence-corrected chi connectivity index (χ4v) is 3.50. The highest BCUT2D eigenvalue weighted by molar-refractivity contribution is 5.79. The van der Waals surface area contributed by atoms with E-state index in [-0.39, 0.29) is 6.04 Å². The van der Waals surface area contributed by atoms with Crippen LogP contribution in [0.5, 0.6) is 0 Å². The van der Waals surface area contributed by atoms with Gasteiger partial charge in [-0.25, -0.2) is 14.3 Å². The molecule has 0 aliphatic carbocycles. The number of nitrogens with two attached hydrogens (primary N) is 1. The zero-order chi connectivity index (χ0) is 14.6. The summed E-state index contributed by atoms with van der Waals surface area (Å²) < 4.78 is 1.67. The molecule has 108 valence electrons. The van der Waals surface area contributed by atoms with Gasteiger partial charge in [-0.15, -0.1) is 0 Å². The molecule has 1 saturated heterocycles. The van der Waals surface area contributed by atoms with E-state index in [0.717, 1.165) is 23.3 Å². The van der Waals surface area contributed by atoms with Crippen molar-refractivity contribution in [3.05, 3.63) is 36.3 Å². The van der Waals surface area contributed by atoms with Gasteiger partial charge in [-0.3, -0.25) is 4.90 Å². The zero-order valence-electron chi connectivity index (χ0n) is 11.3. The van der Waals surface area contributed by atoms with Crippen molar-refractivity contribution in [2.24, 2.45) is 5.73 Å². The van der Waals surface area contributed by atoms with E-state index < -0.39 is 11.8 Å². The molecule has 0 saturated carbocycles. The average Bonchev–Trinajstić information content (AvgIpc) is 3.00. The number of nitrogens with zero attached hydrogens (tertiary/aromatic N) is 4. The Balaban J connectivity index is 1.84. The average molecular weight is 285 g/mol. The van der Waals surface area contributed by atoms with E-state index in [9.17, 15) is 9.90 Å². The van der Waals surface area contributed by atoms with Crippen molar-refractivity contribution in [3.8, 4) is 0 Å². The highest BCUT2D eigenvalue weighted by Gasteiger charge is 2.51. The Morgan fingerprint density at radius 3 is 3.14 bits per heavy atom. The number of fused-ring (bicyclic) bond motifs is 3. The Bertz CT molecular complexity index is 768. The van der Waals surface area contributed by atoms with Crippen LogP contribution in [0.1, 0.15) is 25.0 Å². The quantitative estimate of drug-likeness (QED) is 0.823. The lowest BCUT2D eigenvalue weighted by Gasteiger charge is -2.40. The molecule has 2 aliphatic heterocycles. The van der Waals surface area contributed by atoms with Crippen LogP contribution < -0.4 is 5.73 Å². The first-order chi connectivity index (χ1) is 10.1. The van der Waals surface area contributed by atoms with Crippen molar-refractivity contribution < 1.29 is 9.90 Å². The van der Waals surface area contributed by atoms with Gasteiger partial charge in [0.05, 0.1) is 11.9 Å². The first kappa shape index (κ1) is 12.3. The van der Waals surface area contributed by atoms with Gasteiger partial charge >= 0.3 is 6.09 Å². The summed E-state index contributed by atoms with van der Waals surface area (Å²) in [6.07, 6.45) is 6.66. The van der Waals surface area contributed by atoms with Gasteiger partial charge in [0.25, 0.3) is 0 Å². The molecular formula is C14H15N5O2. The Kier molecular flexibility index (Phi) is 2.38. The number of rotatable bonds is 1. The molecule has 2 atom stereocenters. The summed E-state index contributed by atoms with van der Waals surface area (Å²) in [5.41, 5.74) is 7.72. The maximum Gasteiger partial charge on any atom is 0.409 e. The molecule has 3 N–H and O–H groups in total. The lowest BCUT2D eigenvalue weighted by molar-refractivity contribution is 0.102. The van der Waals surface area contributed by atoms with Crippen LogP contribution in [-0.4, -0.2) is 42.4 Å². The molecule has 2 aromatic rings. The number of amides is 1. The molecule has 2 aliphatic rings. The fourth-order valence-electron chi connectivity index (χ4n) is 3.50. The number of carboxylic acid groups (broad SMARTS) is 1. The molecule has 7 heteroatoms. The summed E-state index contributed by atoms with van der Waals surface area (Å²) in [6.45, 7) is 0. The van der Waals surface area contributed by atoms with Crippen LogP contribution in [0.15, 0.2) is 30.6 Å². The van der Waals surface area contributed by atoms with Crippen molar-refractivity contribution in [2.45, 2.75) is 31.0 Å². The standard InChI is InChI=1S/C14H15N5O2/c15-14-6-3-9(19(14)13(20)21)1-2-10(14)11-5-8-18-12(17-11)4-7-16-18/h2,4-5,7-9H,1,3,6,15H2,(H,20,21). The normalized spacial score (nSPS) is 28.0. The van der Waals surface area contributed by atoms with E-state index in [4.69, 9.17) is 5.73 Å². The molecule has 0 radical (unpaired) electrons. The smallest absolute Gasteiger partial charge is 0.409 e. The molecule has 21 heavy (non-hydrogen) atoms. The summed E-state index contributed by atoms with van der Waals surface area (Å²) in [5.74, 6) is 0. The maximum absolute atomic E-state index is 11.6. The SMILES string of the molecule is NC12CCC(CC=C1c1ccn3nccc3n1)N2C(=O)O. The Labute approximate surface area is 120 Å². The van der Waals surface area contributed by atoms with Gasteiger partial charge in [-0.2, -0.15) is 5.10 Å². The lowest BCUT2D eigenvalue weighted by Crippen LogP contribution is -2.58. The third-order valence-corrected chi connectivity index (χ3v) is 4.45. The monoisotopic (exact) mass is 285 g/mol. The van der Waals surface area contributed by atoms with Crippen molar-refractivity contribution in [1.29, 1.82) is 0 Å². The van der Waals surface area contributed by atoms with E-state index >= 15 is 0 Å². The second kappa shape index (κ2) is 4.05. The molecule has 7 nitrogen and oxygen atoms in total. The fraction of sp³-hybridized carbons (Fsp3) is 0.357. The minimum absolute atomic E-state index is 0.0186. The summed E-state index contributed by atoms with van der Waals surface area (Å²) in [4.78, 5) is 17.5. The van der Waals surface area contributed by atoms with Gasteiger partial charge in [0, 0.05) is 23.9 Å². The Morgan fingerprint density at radius 1 is 1.48 bits per heavy atom. The molecule has 4 rings (SSSR count). The molecule has 4 heterocycles. The molecule has 1 amide bonds. The van der Waals surface area contributed by atoms with Gasteiger partial charge in [0.15, 0.2) is 5.65 Å². The minimum atomic E-state index is -0.972. The van der Waals surface area contributed by atoms with Gasteiger partial charge in [-0.1, -0.05) is 6.08 Å². The molecule has 0 spiro atoms. The molecule has 0 aromatic carbocycles. The topological polar surface area (TPSA) is 96.8 Å². The highest BCUT2D eigenvalue weighted by atomic mass is 16.4. The largest absolute Gasteiger partial charge is 0.465 e. The van der Waals surface area contributed by atoms with Crippen LogP contribution in [0.2, 0.25) is 0 Å². The molecule has 2 bridgehead atoms. The van der Waals surface area contributed by atoms with Crippen molar-refractivity contribution in [2.75, 3.05) is 0 Å². The van der Waals surface area contributed by atoms with E-state index in [1.165, 1.54) is 4.90 Å². The van der Waals surface area contributed by atoms with Crippen LogP contribution in [0, 0.1) is 0 Å². The lowest BCUT2D eigenvalue weighted by atomic mass is 9.92. The second-order valence-electron chi connectivity index (χ2n) is 5.57. The summed E-state index contributed by atoms with van der Waals surface area (Å²) >= 11 is 0. The zero-order valence-corrected chi connectivity index (χ0v) is 11.3. The second-order valence-corrected chi connectivity index (χ2v) is 5.57. The van der Waals surface area contributed by atoms with Gasteiger partial charge in [-0.05, 0) is 25.3 Å². The maximum atomic E-state index is 11.6. The first-order valence-corrected chi connectivity index (χ1v) is 6.92. The van der Waals surface area contributed by atoms with Gasteiger partial charge in [0.1, 0.15) is 5.66 Å². The highest BCUT2D eigenvalue weighted by Crippen LogP contribution is 2.44. The predicted octanol–water partition coefficient (Wildman–Crippen LogP) is 1.31. The Morgan fingerprint density at radius 2 is 2.33 bits per heavy atom. The number of carbonyl (C=O) groups is 1. The van der Waals surface area contributed by atoms with E-state index in [0.29, 0.717) is 12.8 Å².